The van der Waals surface area contributed by atoms with Gasteiger partial charge in [-0.3, -0.25) is 9.59 Å². The second kappa shape index (κ2) is 7.96. The van der Waals surface area contributed by atoms with E-state index < -0.39 is 11.8 Å². The first kappa shape index (κ1) is 19.4. The second-order valence-corrected chi connectivity index (χ2v) is 7.17. The summed E-state index contributed by atoms with van der Waals surface area (Å²) in [6, 6.07) is 23.9. The summed E-state index contributed by atoms with van der Waals surface area (Å²) in [5.41, 5.74) is 3.09. The predicted octanol–water partition coefficient (Wildman–Crippen LogP) is 3.68. The van der Waals surface area contributed by atoms with Gasteiger partial charge < -0.3 is 10.1 Å². The Morgan fingerprint density at radius 2 is 1.69 bits per heavy atom. The van der Waals surface area contributed by atoms with Crippen molar-refractivity contribution in [2.75, 3.05) is 12.4 Å². The number of methoxy groups -OCH3 is 1. The molecule has 0 aliphatic carbocycles. The molecule has 0 saturated carbocycles. The molecule has 2 aliphatic heterocycles. The van der Waals surface area contributed by atoms with Crippen molar-refractivity contribution in [1.29, 1.82) is 0 Å². The molecule has 0 aromatic heterocycles. The highest BCUT2D eigenvalue weighted by Crippen LogP contribution is 2.29. The van der Waals surface area contributed by atoms with Crippen molar-refractivity contribution in [2.45, 2.75) is 0 Å². The smallest absolute Gasteiger partial charge is 0.298 e. The van der Waals surface area contributed by atoms with Crippen molar-refractivity contribution in [3.63, 3.8) is 0 Å². The molecule has 0 fully saturated rings. The maximum absolute atomic E-state index is 13.3. The molecule has 7 heteroatoms. The molecule has 2 amide bonds. The summed E-state index contributed by atoms with van der Waals surface area (Å²) >= 11 is 0. The van der Waals surface area contributed by atoms with Crippen molar-refractivity contribution in [1.82, 2.24) is 5.01 Å². The number of hydrazone groups is 1. The molecule has 32 heavy (non-hydrogen) atoms. The van der Waals surface area contributed by atoms with E-state index in [0.29, 0.717) is 28.4 Å². The van der Waals surface area contributed by atoms with E-state index in [2.05, 4.69) is 15.4 Å². The number of fused-ring (bicyclic) bond motifs is 1. The van der Waals surface area contributed by atoms with Gasteiger partial charge in [0, 0.05) is 11.1 Å². The maximum Gasteiger partial charge on any atom is 0.298 e. The van der Waals surface area contributed by atoms with Crippen molar-refractivity contribution in [3.8, 4) is 5.75 Å². The van der Waals surface area contributed by atoms with Gasteiger partial charge in [-0.15, -0.1) is 0 Å². The largest absolute Gasteiger partial charge is 0.497 e. The van der Waals surface area contributed by atoms with Gasteiger partial charge in [0.2, 0.25) is 0 Å². The molecule has 1 N–H and O–H groups in total. The standard InChI is InChI=1S/C25H18N4O3/c1-32-18-12-13-20-19(15-18)22(24(30)27-20)28-29-23(17-10-6-3-7-11-17)26-21(25(29)31)14-16-8-4-2-5-9-16/h2-15H,1H3,(H,27,28,30). The van der Waals surface area contributed by atoms with Gasteiger partial charge in [-0.05, 0) is 29.8 Å². The van der Waals surface area contributed by atoms with E-state index in [1.807, 2.05) is 60.7 Å². The van der Waals surface area contributed by atoms with E-state index in [-0.39, 0.29) is 11.4 Å². The number of amides is 2. The average molecular weight is 422 g/mol. The number of ether oxygens (including phenoxy) is 1. The van der Waals surface area contributed by atoms with Gasteiger partial charge in [-0.1, -0.05) is 60.7 Å². The predicted molar refractivity (Wildman–Crippen MR) is 122 cm³/mol. The monoisotopic (exact) mass is 422 g/mol. The Morgan fingerprint density at radius 3 is 2.41 bits per heavy atom. The summed E-state index contributed by atoms with van der Waals surface area (Å²) in [4.78, 5) is 30.5. The van der Waals surface area contributed by atoms with Crippen LogP contribution in [0, 0.1) is 0 Å². The van der Waals surface area contributed by atoms with Crippen LogP contribution in [-0.4, -0.2) is 35.5 Å². The third-order valence-electron chi connectivity index (χ3n) is 5.12. The molecule has 2 aliphatic rings. The van der Waals surface area contributed by atoms with Gasteiger partial charge in [0.1, 0.15) is 11.4 Å². The lowest BCUT2D eigenvalue weighted by Crippen LogP contribution is -2.30. The lowest BCUT2D eigenvalue weighted by molar-refractivity contribution is -0.122. The van der Waals surface area contributed by atoms with E-state index in [1.165, 1.54) is 5.01 Å². The van der Waals surface area contributed by atoms with E-state index in [4.69, 9.17) is 4.74 Å². The average Bonchev–Trinajstić information content (AvgIpc) is 3.31. The summed E-state index contributed by atoms with van der Waals surface area (Å²) in [6.07, 6.45) is 1.71. The minimum absolute atomic E-state index is 0.122. The number of rotatable bonds is 4. The zero-order valence-electron chi connectivity index (χ0n) is 17.1. The van der Waals surface area contributed by atoms with E-state index in [9.17, 15) is 9.59 Å². The Kier molecular flexibility index (Phi) is 4.84. The Bertz CT molecular complexity index is 1310. The SMILES string of the molecule is COc1ccc2c(c1)/C(=N/N1C(=O)C(=Cc3ccccc3)N=C1c1ccccc1)C(=O)N2. The molecule has 0 radical (unpaired) electrons. The van der Waals surface area contributed by atoms with Crippen molar-refractivity contribution < 1.29 is 14.3 Å². The van der Waals surface area contributed by atoms with E-state index >= 15 is 0 Å². The highest BCUT2D eigenvalue weighted by molar-refractivity contribution is 6.54. The van der Waals surface area contributed by atoms with Gasteiger partial charge in [0.15, 0.2) is 11.5 Å². The normalized spacial score (nSPS) is 17.5. The topological polar surface area (TPSA) is 83.4 Å². The zero-order chi connectivity index (χ0) is 22.1. The molecule has 5 rings (SSSR count). The fourth-order valence-corrected chi connectivity index (χ4v) is 3.54. The lowest BCUT2D eigenvalue weighted by atomic mass is 10.1. The van der Waals surface area contributed by atoms with E-state index in [0.717, 1.165) is 5.56 Å². The summed E-state index contributed by atoms with van der Waals surface area (Å²) < 4.78 is 5.28. The molecule has 0 spiro atoms. The lowest BCUT2D eigenvalue weighted by Gasteiger charge is -2.13. The first-order chi connectivity index (χ1) is 15.6. The van der Waals surface area contributed by atoms with Crippen LogP contribution >= 0.6 is 0 Å². The summed E-state index contributed by atoms with van der Waals surface area (Å²) in [5.74, 6) is 0.134. The minimum atomic E-state index is -0.413. The first-order valence-electron chi connectivity index (χ1n) is 9.98. The quantitative estimate of drug-likeness (QED) is 0.651. The molecular weight excluding hydrogens is 404 g/mol. The van der Waals surface area contributed by atoms with Crippen molar-refractivity contribution in [3.05, 3.63) is 101 Å². The van der Waals surface area contributed by atoms with Gasteiger partial charge in [-0.2, -0.15) is 10.1 Å². The Morgan fingerprint density at radius 1 is 0.969 bits per heavy atom. The van der Waals surface area contributed by atoms with Crippen LogP contribution in [0.4, 0.5) is 5.69 Å². The Labute approximate surface area is 184 Å². The Balaban J connectivity index is 1.62. The highest BCUT2D eigenvalue weighted by atomic mass is 16.5. The number of aliphatic imine (C=N–C) groups is 1. The van der Waals surface area contributed by atoms with E-state index in [1.54, 1.807) is 31.4 Å². The molecule has 156 valence electrons. The highest BCUT2D eigenvalue weighted by Gasteiger charge is 2.35. The van der Waals surface area contributed by atoms with Crippen molar-refractivity contribution >= 4 is 35.1 Å². The first-order valence-corrected chi connectivity index (χ1v) is 9.98. The van der Waals surface area contributed by atoms with Crippen LogP contribution in [0.15, 0.2) is 94.7 Å². The Hall–Kier alpha value is -4.52. The van der Waals surface area contributed by atoms with Crippen molar-refractivity contribution in [2.24, 2.45) is 10.1 Å². The molecule has 0 bridgehead atoms. The summed E-state index contributed by atoms with van der Waals surface area (Å²) in [7, 11) is 1.55. The molecule has 0 unspecified atom stereocenters. The summed E-state index contributed by atoms with van der Waals surface area (Å²) in [6.45, 7) is 0. The number of anilines is 1. The molecule has 7 nitrogen and oxygen atoms in total. The number of carbonyl (C=O) groups is 2. The molecule has 3 aromatic rings. The molecule has 0 atom stereocenters. The van der Waals surface area contributed by atoms with Crippen LogP contribution in [0.25, 0.3) is 6.08 Å². The van der Waals surface area contributed by atoms with Gasteiger partial charge in [0.25, 0.3) is 11.8 Å². The van der Waals surface area contributed by atoms with Crippen LogP contribution in [0.5, 0.6) is 5.75 Å². The fraction of sp³-hybridized carbons (Fsp3) is 0.0400. The van der Waals surface area contributed by atoms with Crippen LogP contribution in [0.3, 0.4) is 0 Å². The second-order valence-electron chi connectivity index (χ2n) is 7.17. The van der Waals surface area contributed by atoms with Crippen LogP contribution in [-0.2, 0) is 9.59 Å². The van der Waals surface area contributed by atoms with Crippen LogP contribution in [0.1, 0.15) is 16.7 Å². The van der Waals surface area contributed by atoms with Crippen LogP contribution in [0.2, 0.25) is 0 Å². The van der Waals surface area contributed by atoms with Gasteiger partial charge in [0.05, 0.1) is 12.8 Å². The molecular formula is C25H18N4O3. The minimum Gasteiger partial charge on any atom is -0.497 e. The molecule has 0 saturated heterocycles. The maximum atomic E-state index is 13.3. The van der Waals surface area contributed by atoms with Gasteiger partial charge >= 0.3 is 0 Å². The summed E-state index contributed by atoms with van der Waals surface area (Å²) in [5, 5.41) is 8.43. The van der Waals surface area contributed by atoms with Crippen LogP contribution < -0.4 is 10.1 Å². The number of carbonyl (C=O) groups excluding carboxylic acids is 2. The number of hydrogen-bond acceptors (Lipinski definition) is 5. The number of amidine groups is 1. The number of benzene rings is 3. The fourth-order valence-electron chi connectivity index (χ4n) is 3.54. The third kappa shape index (κ3) is 3.45. The number of nitrogens with one attached hydrogen (secondary N) is 1. The van der Waals surface area contributed by atoms with Gasteiger partial charge in [-0.25, -0.2) is 4.99 Å². The number of hydrogen-bond donors (Lipinski definition) is 1. The zero-order valence-corrected chi connectivity index (χ0v) is 17.1. The number of nitrogens with zero attached hydrogens (tertiary/aromatic N) is 3. The molecule has 2 heterocycles. The third-order valence-corrected chi connectivity index (χ3v) is 5.12. The molecule has 3 aromatic carbocycles.